The van der Waals surface area contributed by atoms with Gasteiger partial charge in [0.15, 0.2) is 12.6 Å². The molecule has 9 heteroatoms. The molecule has 3 fully saturated rings. The summed E-state index contributed by atoms with van der Waals surface area (Å²) in [5.74, 6) is -0.303. The Labute approximate surface area is 237 Å². The lowest BCUT2D eigenvalue weighted by Crippen LogP contribution is -2.40. The molecule has 6 unspecified atom stereocenters. The van der Waals surface area contributed by atoms with Gasteiger partial charge in [-0.1, -0.05) is 30.4 Å². The number of ether oxygens (including phenoxy) is 6. The molecule has 0 radical (unpaired) electrons. The zero-order valence-electron chi connectivity index (χ0n) is 23.3. The smallest absolute Gasteiger partial charge is 0.303 e. The number of rotatable bonds is 16. The Bertz CT molecular complexity index is 909. The predicted octanol–water partition coefficient (Wildman–Crippen LogP) is 5.06. The predicted molar refractivity (Wildman–Crippen MR) is 147 cm³/mol. The summed E-state index contributed by atoms with van der Waals surface area (Å²) in [6.07, 6.45) is 9.94. The van der Waals surface area contributed by atoms with E-state index in [4.69, 9.17) is 33.5 Å². The lowest BCUT2D eigenvalue weighted by molar-refractivity contribution is -0.226. The van der Waals surface area contributed by atoms with Gasteiger partial charge in [0, 0.05) is 26.1 Å². The van der Waals surface area contributed by atoms with Crippen LogP contribution in [0.4, 0.5) is 0 Å². The maximum absolute atomic E-state index is 13.1. The van der Waals surface area contributed by atoms with E-state index in [1.807, 2.05) is 42.5 Å². The molecule has 0 aromatic heterocycles. The molecule has 0 spiro atoms. The fraction of sp³-hybridized carbons (Fsp3) is 0.677. The van der Waals surface area contributed by atoms with Gasteiger partial charge in [-0.25, -0.2) is 0 Å². The molecule has 9 nitrogen and oxygen atoms in total. The summed E-state index contributed by atoms with van der Waals surface area (Å²) in [6.45, 7) is 1.85. The van der Waals surface area contributed by atoms with Gasteiger partial charge in [0.1, 0.15) is 24.2 Å². The van der Waals surface area contributed by atoms with Gasteiger partial charge >= 0.3 is 5.97 Å². The summed E-state index contributed by atoms with van der Waals surface area (Å²) in [6, 6.07) is 9.58. The number of hydrogen-bond donors (Lipinski definition) is 1. The second kappa shape index (κ2) is 16.8. The Morgan fingerprint density at radius 3 is 2.45 bits per heavy atom. The summed E-state index contributed by atoms with van der Waals surface area (Å²) in [4.78, 5) is 23.9. The van der Waals surface area contributed by atoms with Crippen molar-refractivity contribution in [2.45, 2.75) is 102 Å². The van der Waals surface area contributed by atoms with Crippen LogP contribution in [0.2, 0.25) is 0 Å². The van der Waals surface area contributed by atoms with Crippen LogP contribution in [0.25, 0.3) is 0 Å². The highest BCUT2D eigenvalue weighted by Gasteiger charge is 2.45. The van der Waals surface area contributed by atoms with Crippen molar-refractivity contribution in [3.8, 4) is 5.75 Å². The lowest BCUT2D eigenvalue weighted by Gasteiger charge is -2.32. The molecule has 1 aromatic rings. The van der Waals surface area contributed by atoms with Crippen LogP contribution in [0.15, 0.2) is 42.5 Å². The molecule has 1 saturated carbocycles. The van der Waals surface area contributed by atoms with E-state index in [0.29, 0.717) is 32.5 Å². The minimum Gasteiger partial charge on any atom is -0.491 e. The number of ketones is 1. The standard InChI is InChI=1S/C31H44O9/c32-26-20-27(40-30-17-9-11-19-36-30)31(25(26)14-6-1-2-7-15-28(33)34)38-22-24(39-29-16-8-10-18-35-29)21-37-23-12-4-3-5-13-23/h1,3-6,12-13,24-25,27,29-31H,2,7-11,14-22H2,(H,33,34). The number of hydrogen-bond acceptors (Lipinski definition) is 8. The minimum absolute atomic E-state index is 0.106. The highest BCUT2D eigenvalue weighted by atomic mass is 16.7. The van der Waals surface area contributed by atoms with Crippen molar-refractivity contribution in [1.29, 1.82) is 0 Å². The van der Waals surface area contributed by atoms with Crippen LogP contribution >= 0.6 is 0 Å². The number of Topliss-reactive ketones (excluding diaryl/α,β-unsaturated/α-hetero) is 1. The molecular weight excluding hydrogens is 516 g/mol. The Hall–Kier alpha value is -2.30. The molecule has 0 bridgehead atoms. The van der Waals surface area contributed by atoms with Crippen molar-refractivity contribution in [3.63, 3.8) is 0 Å². The molecular formula is C31H44O9. The number of aliphatic carboxylic acids is 1. The first kappa shape index (κ1) is 30.7. The molecule has 4 rings (SSSR count). The van der Waals surface area contributed by atoms with Crippen LogP contribution < -0.4 is 4.74 Å². The third kappa shape index (κ3) is 10.3. The van der Waals surface area contributed by atoms with E-state index in [-0.39, 0.29) is 50.3 Å². The minimum atomic E-state index is -0.801. The van der Waals surface area contributed by atoms with Gasteiger partial charge in [0.25, 0.3) is 0 Å². The van der Waals surface area contributed by atoms with Crippen molar-refractivity contribution in [3.05, 3.63) is 42.5 Å². The number of allylic oxidation sites excluding steroid dienone is 2. The van der Waals surface area contributed by atoms with Crippen molar-refractivity contribution >= 4 is 11.8 Å². The second-order valence-electron chi connectivity index (χ2n) is 10.7. The van der Waals surface area contributed by atoms with E-state index >= 15 is 0 Å². The number of para-hydroxylation sites is 1. The molecule has 2 aliphatic heterocycles. The number of carbonyl (C=O) groups excluding carboxylic acids is 1. The van der Waals surface area contributed by atoms with Gasteiger partial charge in [0.2, 0.25) is 0 Å². The number of benzene rings is 1. The summed E-state index contributed by atoms with van der Waals surface area (Å²) in [7, 11) is 0. The molecule has 1 aliphatic carbocycles. The Morgan fingerprint density at radius 1 is 1.00 bits per heavy atom. The van der Waals surface area contributed by atoms with E-state index in [2.05, 4.69) is 0 Å². The number of carbonyl (C=O) groups is 2. The highest BCUT2D eigenvalue weighted by molar-refractivity contribution is 5.85. The van der Waals surface area contributed by atoms with Gasteiger partial charge < -0.3 is 33.5 Å². The Balaban J connectivity index is 1.39. The molecule has 222 valence electrons. The van der Waals surface area contributed by atoms with Gasteiger partial charge in [-0.3, -0.25) is 9.59 Å². The summed E-state index contributed by atoms with van der Waals surface area (Å²) in [5, 5.41) is 8.85. The number of carboxylic acids is 1. The molecule has 2 heterocycles. The van der Waals surface area contributed by atoms with Crippen molar-refractivity contribution in [1.82, 2.24) is 0 Å². The molecule has 6 atom stereocenters. The number of unbranched alkanes of at least 4 members (excludes halogenated alkanes) is 1. The van der Waals surface area contributed by atoms with Gasteiger partial charge in [-0.05, 0) is 69.9 Å². The maximum Gasteiger partial charge on any atom is 0.303 e. The molecule has 2 saturated heterocycles. The topological polar surface area (TPSA) is 110 Å². The van der Waals surface area contributed by atoms with Crippen LogP contribution in [0.1, 0.15) is 70.6 Å². The van der Waals surface area contributed by atoms with E-state index in [1.165, 1.54) is 0 Å². The first-order valence-corrected chi connectivity index (χ1v) is 14.8. The summed E-state index contributed by atoms with van der Waals surface area (Å²) in [5.41, 5.74) is 0. The SMILES string of the molecule is O=C(O)CCCC=CCC1C(=O)CC(OC2CCCCO2)C1OCC(COc1ccccc1)OC1CCCCO1. The fourth-order valence-corrected chi connectivity index (χ4v) is 5.35. The van der Waals surface area contributed by atoms with Crippen LogP contribution in [0.5, 0.6) is 5.75 Å². The third-order valence-corrected chi connectivity index (χ3v) is 7.50. The van der Waals surface area contributed by atoms with Gasteiger partial charge in [0.05, 0.1) is 24.7 Å². The molecule has 3 aliphatic rings. The average molecular weight is 561 g/mol. The van der Waals surface area contributed by atoms with Crippen LogP contribution in [-0.4, -0.2) is 74.2 Å². The molecule has 40 heavy (non-hydrogen) atoms. The molecule has 0 amide bonds. The first-order valence-electron chi connectivity index (χ1n) is 14.8. The van der Waals surface area contributed by atoms with E-state index < -0.39 is 24.3 Å². The maximum atomic E-state index is 13.1. The Kier molecular flexibility index (Phi) is 12.9. The monoisotopic (exact) mass is 560 g/mol. The van der Waals surface area contributed by atoms with Gasteiger partial charge in [-0.15, -0.1) is 0 Å². The lowest BCUT2D eigenvalue weighted by atomic mass is 9.99. The quantitative estimate of drug-likeness (QED) is 0.219. The van der Waals surface area contributed by atoms with E-state index in [1.54, 1.807) is 0 Å². The van der Waals surface area contributed by atoms with Crippen LogP contribution in [0.3, 0.4) is 0 Å². The number of carboxylic acid groups (broad SMARTS) is 1. The van der Waals surface area contributed by atoms with E-state index in [0.717, 1.165) is 44.3 Å². The molecule has 1 aromatic carbocycles. The second-order valence-corrected chi connectivity index (χ2v) is 10.7. The van der Waals surface area contributed by atoms with Crippen molar-refractivity contribution in [2.75, 3.05) is 26.4 Å². The average Bonchev–Trinajstić information content (AvgIpc) is 3.26. The van der Waals surface area contributed by atoms with E-state index in [9.17, 15) is 9.59 Å². The summed E-state index contributed by atoms with van der Waals surface area (Å²) >= 11 is 0. The van der Waals surface area contributed by atoms with Gasteiger partial charge in [-0.2, -0.15) is 0 Å². The third-order valence-electron chi connectivity index (χ3n) is 7.50. The normalized spacial score (nSPS) is 28.1. The zero-order chi connectivity index (χ0) is 28.0. The fourth-order valence-electron chi connectivity index (χ4n) is 5.35. The van der Waals surface area contributed by atoms with Crippen LogP contribution in [-0.2, 0) is 33.3 Å². The Morgan fingerprint density at radius 2 is 1.75 bits per heavy atom. The largest absolute Gasteiger partial charge is 0.491 e. The summed E-state index contributed by atoms with van der Waals surface area (Å²) < 4.78 is 36.7. The highest BCUT2D eigenvalue weighted by Crippen LogP contribution is 2.33. The zero-order valence-corrected chi connectivity index (χ0v) is 23.3. The first-order chi connectivity index (χ1) is 19.6. The van der Waals surface area contributed by atoms with Crippen molar-refractivity contribution in [2.24, 2.45) is 5.92 Å². The van der Waals surface area contributed by atoms with Crippen LogP contribution in [0, 0.1) is 5.92 Å². The van der Waals surface area contributed by atoms with Crippen molar-refractivity contribution < 1.29 is 43.1 Å². The molecule has 1 N–H and O–H groups in total.